The first-order chi connectivity index (χ1) is 24.6. The molecule has 5 aromatic rings. The highest BCUT2D eigenvalue weighted by atomic mass is 33.1. The van der Waals surface area contributed by atoms with E-state index in [9.17, 15) is 4.79 Å². The summed E-state index contributed by atoms with van der Waals surface area (Å²) in [5, 5.41) is 3.03. The van der Waals surface area contributed by atoms with Crippen molar-refractivity contribution < 1.29 is 9.53 Å². The predicted octanol–water partition coefficient (Wildman–Crippen LogP) is 11.9. The zero-order valence-corrected chi connectivity index (χ0v) is 31.5. The lowest BCUT2D eigenvalue weighted by atomic mass is 9.84. The van der Waals surface area contributed by atoms with Crippen LogP contribution in [-0.2, 0) is 9.48 Å². The second-order valence-corrected chi connectivity index (χ2v) is 17.0. The van der Waals surface area contributed by atoms with Crippen molar-refractivity contribution in [1.82, 2.24) is 5.32 Å². The van der Waals surface area contributed by atoms with E-state index in [2.05, 4.69) is 157 Å². The number of fused-ring (bicyclic) bond motifs is 3. The number of amides is 1. The van der Waals surface area contributed by atoms with E-state index in [1.54, 1.807) is 0 Å². The molecule has 5 aromatic carbocycles. The third kappa shape index (κ3) is 8.82. The number of ether oxygens (including phenoxy) is 1. The van der Waals surface area contributed by atoms with E-state index in [1.807, 2.05) is 28.5 Å². The maximum Gasteiger partial charge on any atom is 0.407 e. The summed E-state index contributed by atoms with van der Waals surface area (Å²) in [6.07, 6.45) is 4.52. The number of aryl methyl sites for hydroxylation is 1. The largest absolute Gasteiger partial charge is 0.449 e. The molecule has 0 aromatic heterocycles. The molecule has 0 fully saturated rings. The number of benzene rings is 5. The second kappa shape index (κ2) is 18.1. The maximum atomic E-state index is 12.7. The molecule has 1 atom stereocenters. The van der Waals surface area contributed by atoms with E-state index in [0.717, 1.165) is 17.3 Å². The van der Waals surface area contributed by atoms with Gasteiger partial charge in [0, 0.05) is 23.5 Å². The van der Waals surface area contributed by atoms with E-state index in [-0.39, 0.29) is 22.8 Å². The Labute approximate surface area is 310 Å². The van der Waals surface area contributed by atoms with Gasteiger partial charge in [0.25, 0.3) is 0 Å². The Morgan fingerprint density at radius 1 is 0.660 bits per heavy atom. The van der Waals surface area contributed by atoms with Crippen LogP contribution in [-0.4, -0.2) is 36.0 Å². The molecule has 0 bridgehead atoms. The summed E-state index contributed by atoms with van der Waals surface area (Å²) in [5.41, 5.74) is 10.2. The molecule has 3 nitrogen and oxygen atoms in total. The molecule has 1 aliphatic carbocycles. The average Bonchev–Trinajstić information content (AvgIpc) is 3.48. The number of thioether (sulfide) groups is 1. The lowest BCUT2D eigenvalue weighted by Gasteiger charge is -2.35. The zero-order chi connectivity index (χ0) is 34.6. The van der Waals surface area contributed by atoms with Gasteiger partial charge in [-0.25, -0.2) is 4.79 Å². The first-order valence-electron chi connectivity index (χ1n) is 17.7. The summed E-state index contributed by atoms with van der Waals surface area (Å²) in [7, 11) is 3.74. The molecule has 6 heteroatoms. The van der Waals surface area contributed by atoms with Crippen molar-refractivity contribution >= 4 is 39.4 Å². The fourth-order valence-electron chi connectivity index (χ4n) is 6.82. The number of alkyl carbamates (subject to hydrolysis) is 1. The standard InChI is InChI=1S/C44H47NO2S3/c1-33-25-27-37(28-26-33)44(35-17-7-5-8-18-35,36-19-9-6-10-20-36)48-29-15-3-4-16-30-49-50-32-34(2)45-43(46)47-31-42-40-23-13-11-21-38(40)39-22-12-14-24-41(39)42/h5-14,17-28,34,42H,3-4,15-16,29-32H2,1-2H3,(H,45,46). The summed E-state index contributed by atoms with van der Waals surface area (Å²) in [6.45, 7) is 4.55. The molecule has 0 heterocycles. The van der Waals surface area contributed by atoms with Crippen LogP contribution in [0.15, 0.2) is 133 Å². The third-order valence-corrected chi connectivity index (χ3v) is 13.7. The lowest BCUT2D eigenvalue weighted by Crippen LogP contribution is -2.35. The minimum absolute atomic E-state index is 0.0446. The second-order valence-electron chi connectivity index (χ2n) is 13.0. The molecule has 0 saturated heterocycles. The molecule has 1 unspecified atom stereocenters. The van der Waals surface area contributed by atoms with Crippen LogP contribution >= 0.6 is 33.3 Å². The maximum absolute atomic E-state index is 12.7. The Hall–Kier alpha value is -3.58. The van der Waals surface area contributed by atoms with Crippen molar-refractivity contribution in [3.8, 4) is 11.1 Å². The number of unbranched alkanes of at least 4 members (excludes halogenated alkanes) is 3. The van der Waals surface area contributed by atoms with Crippen LogP contribution in [0.4, 0.5) is 4.79 Å². The molecule has 0 spiro atoms. The average molecular weight is 718 g/mol. The van der Waals surface area contributed by atoms with E-state index in [1.165, 1.54) is 70.2 Å². The highest BCUT2D eigenvalue weighted by Crippen LogP contribution is 2.49. The van der Waals surface area contributed by atoms with Gasteiger partial charge in [0.15, 0.2) is 0 Å². The van der Waals surface area contributed by atoms with Crippen LogP contribution in [0.3, 0.4) is 0 Å². The van der Waals surface area contributed by atoms with Gasteiger partial charge in [0.1, 0.15) is 6.61 Å². The smallest absolute Gasteiger partial charge is 0.407 e. The Bertz CT molecular complexity index is 1710. The number of carbonyl (C=O) groups excluding carboxylic acids is 1. The number of hydrogen-bond acceptors (Lipinski definition) is 5. The summed E-state index contributed by atoms with van der Waals surface area (Å²) in [6, 6.07) is 48.0. The van der Waals surface area contributed by atoms with Crippen molar-refractivity contribution in [2.45, 2.75) is 56.2 Å². The fourth-order valence-corrected chi connectivity index (χ4v) is 10.8. The summed E-state index contributed by atoms with van der Waals surface area (Å²) < 4.78 is 5.49. The molecule has 1 amide bonds. The van der Waals surface area contributed by atoms with E-state index >= 15 is 0 Å². The number of carbonyl (C=O) groups is 1. The van der Waals surface area contributed by atoms with Crippen LogP contribution in [0.1, 0.15) is 71.9 Å². The summed E-state index contributed by atoms with van der Waals surface area (Å²) >= 11 is 2.06. The molecule has 0 radical (unpaired) electrons. The first kappa shape index (κ1) is 36.2. The van der Waals surface area contributed by atoms with Gasteiger partial charge in [-0.3, -0.25) is 0 Å². The SMILES string of the molecule is Cc1ccc(C(SCCCCCCSSCC(C)NC(=O)OCC2c3ccccc3-c3ccccc32)(c2ccccc2)c2ccccc2)cc1. The van der Waals surface area contributed by atoms with Gasteiger partial charge in [-0.15, -0.1) is 11.8 Å². The lowest BCUT2D eigenvalue weighted by molar-refractivity contribution is 0.140. The Kier molecular flexibility index (Phi) is 13.1. The molecule has 1 N–H and O–H groups in total. The number of nitrogens with one attached hydrogen (secondary N) is 1. The van der Waals surface area contributed by atoms with Crippen LogP contribution in [0.2, 0.25) is 0 Å². The Balaban J connectivity index is 0.895. The summed E-state index contributed by atoms with van der Waals surface area (Å²) in [4.78, 5) is 12.7. The highest BCUT2D eigenvalue weighted by molar-refractivity contribution is 8.76. The Morgan fingerprint density at radius 2 is 1.18 bits per heavy atom. The van der Waals surface area contributed by atoms with Crippen LogP contribution in [0.5, 0.6) is 0 Å². The molecule has 0 aliphatic heterocycles. The van der Waals surface area contributed by atoms with Crippen LogP contribution in [0.25, 0.3) is 11.1 Å². The fraction of sp³-hybridized carbons (Fsp3) is 0.295. The molecular weight excluding hydrogens is 671 g/mol. The first-order valence-corrected chi connectivity index (χ1v) is 21.2. The van der Waals surface area contributed by atoms with Crippen LogP contribution < -0.4 is 5.32 Å². The van der Waals surface area contributed by atoms with Crippen molar-refractivity contribution in [1.29, 1.82) is 0 Å². The molecule has 1 aliphatic rings. The number of hydrogen-bond donors (Lipinski definition) is 1. The quantitative estimate of drug-likeness (QED) is 0.0589. The van der Waals surface area contributed by atoms with Crippen LogP contribution in [0, 0.1) is 6.92 Å². The molecule has 50 heavy (non-hydrogen) atoms. The zero-order valence-electron chi connectivity index (χ0n) is 29.1. The van der Waals surface area contributed by atoms with Crippen molar-refractivity contribution in [3.05, 3.63) is 167 Å². The van der Waals surface area contributed by atoms with Gasteiger partial charge in [-0.2, -0.15) is 0 Å². The summed E-state index contributed by atoms with van der Waals surface area (Å²) in [5.74, 6) is 3.15. The normalized spacial score (nSPS) is 13.0. The predicted molar refractivity (Wildman–Crippen MR) is 217 cm³/mol. The van der Waals surface area contributed by atoms with Gasteiger partial charge in [0.2, 0.25) is 0 Å². The van der Waals surface area contributed by atoms with E-state index in [4.69, 9.17) is 4.74 Å². The van der Waals surface area contributed by atoms with E-state index < -0.39 is 0 Å². The minimum atomic E-state index is -0.339. The third-order valence-electron chi connectivity index (χ3n) is 9.37. The van der Waals surface area contributed by atoms with E-state index in [0.29, 0.717) is 6.61 Å². The molecule has 258 valence electrons. The minimum Gasteiger partial charge on any atom is -0.449 e. The molecule has 6 rings (SSSR count). The number of rotatable bonds is 17. The molecule has 0 saturated carbocycles. The monoisotopic (exact) mass is 717 g/mol. The Morgan fingerprint density at radius 3 is 1.78 bits per heavy atom. The molecular formula is C44H47NO2S3. The van der Waals surface area contributed by atoms with Gasteiger partial charge in [-0.05, 0) is 71.4 Å². The van der Waals surface area contributed by atoms with Gasteiger partial charge in [-0.1, -0.05) is 173 Å². The van der Waals surface area contributed by atoms with Gasteiger partial charge in [0.05, 0.1) is 4.75 Å². The topological polar surface area (TPSA) is 38.3 Å². The van der Waals surface area contributed by atoms with Crippen molar-refractivity contribution in [2.24, 2.45) is 0 Å². The van der Waals surface area contributed by atoms with Crippen molar-refractivity contribution in [3.63, 3.8) is 0 Å². The van der Waals surface area contributed by atoms with Crippen molar-refractivity contribution in [2.75, 3.05) is 23.9 Å². The van der Waals surface area contributed by atoms with Gasteiger partial charge >= 0.3 is 6.09 Å². The van der Waals surface area contributed by atoms with Gasteiger partial charge < -0.3 is 10.1 Å². The highest BCUT2D eigenvalue weighted by Gasteiger charge is 2.36.